The van der Waals surface area contributed by atoms with Gasteiger partial charge in [-0.1, -0.05) is 0 Å². The summed E-state index contributed by atoms with van der Waals surface area (Å²) in [6.07, 6.45) is -1.05. The molecule has 1 fully saturated rings. The van der Waals surface area contributed by atoms with E-state index in [0.717, 1.165) is 0 Å². The fourth-order valence-electron chi connectivity index (χ4n) is 1.66. The number of β-amino-alcohol motifs (C(OH)–C–C–N with tert-alkyl or cyclic N) is 1. The highest BCUT2D eigenvalue weighted by atomic mass is 19.1. The second kappa shape index (κ2) is 4.71. The lowest BCUT2D eigenvalue weighted by molar-refractivity contribution is -0.148. The van der Waals surface area contributed by atoms with Crippen molar-refractivity contribution in [3.8, 4) is 5.75 Å². The van der Waals surface area contributed by atoms with Gasteiger partial charge in [-0.05, 0) is 31.2 Å². The van der Waals surface area contributed by atoms with Crippen molar-refractivity contribution < 1.29 is 19.0 Å². The van der Waals surface area contributed by atoms with Crippen LogP contribution in [0.1, 0.15) is 6.92 Å². The van der Waals surface area contributed by atoms with Crippen molar-refractivity contribution in [2.75, 3.05) is 13.1 Å². The molecule has 5 heteroatoms. The zero-order chi connectivity index (χ0) is 12.4. The molecule has 1 N–H and O–H groups in total. The first-order valence-corrected chi connectivity index (χ1v) is 5.45. The number of hydrogen-bond donors (Lipinski definition) is 1. The van der Waals surface area contributed by atoms with Gasteiger partial charge in [0.05, 0.1) is 6.10 Å². The van der Waals surface area contributed by atoms with E-state index in [4.69, 9.17) is 9.84 Å². The molecule has 2 rings (SSSR count). The summed E-state index contributed by atoms with van der Waals surface area (Å²) in [5.41, 5.74) is 0. The highest BCUT2D eigenvalue weighted by Crippen LogP contribution is 2.16. The minimum atomic E-state index is -0.632. The molecule has 1 saturated heterocycles. The maximum Gasteiger partial charge on any atom is 0.263 e. The van der Waals surface area contributed by atoms with Crippen LogP contribution >= 0.6 is 0 Å². The van der Waals surface area contributed by atoms with Gasteiger partial charge < -0.3 is 14.7 Å². The summed E-state index contributed by atoms with van der Waals surface area (Å²) >= 11 is 0. The summed E-state index contributed by atoms with van der Waals surface area (Å²) in [6, 6.07) is 5.51. The van der Waals surface area contributed by atoms with Crippen molar-refractivity contribution in [2.24, 2.45) is 0 Å². The Morgan fingerprint density at radius 3 is 2.59 bits per heavy atom. The fourth-order valence-corrected chi connectivity index (χ4v) is 1.66. The SMILES string of the molecule is CC(Oc1ccc(F)cc1)C(=O)N1CC(O)C1. The minimum Gasteiger partial charge on any atom is -0.481 e. The summed E-state index contributed by atoms with van der Waals surface area (Å²) in [5, 5.41) is 9.09. The number of likely N-dealkylation sites (tertiary alicyclic amines) is 1. The monoisotopic (exact) mass is 239 g/mol. The number of aliphatic hydroxyl groups is 1. The average molecular weight is 239 g/mol. The van der Waals surface area contributed by atoms with E-state index in [0.29, 0.717) is 18.8 Å². The van der Waals surface area contributed by atoms with E-state index in [9.17, 15) is 9.18 Å². The Labute approximate surface area is 98.6 Å². The lowest BCUT2D eigenvalue weighted by atomic mass is 10.1. The zero-order valence-corrected chi connectivity index (χ0v) is 9.47. The fraction of sp³-hybridized carbons (Fsp3) is 0.417. The molecule has 0 spiro atoms. The van der Waals surface area contributed by atoms with E-state index in [2.05, 4.69) is 0 Å². The Morgan fingerprint density at radius 1 is 1.47 bits per heavy atom. The van der Waals surface area contributed by atoms with Crippen molar-refractivity contribution in [2.45, 2.75) is 19.1 Å². The number of carbonyl (C=O) groups is 1. The number of benzene rings is 1. The molecule has 1 aliphatic rings. The van der Waals surface area contributed by atoms with Gasteiger partial charge in [-0.2, -0.15) is 0 Å². The first-order chi connectivity index (χ1) is 8.06. The van der Waals surface area contributed by atoms with Crippen LogP contribution in [0.2, 0.25) is 0 Å². The van der Waals surface area contributed by atoms with Crippen LogP contribution in [0.4, 0.5) is 4.39 Å². The van der Waals surface area contributed by atoms with Crippen molar-refractivity contribution in [1.82, 2.24) is 4.90 Å². The van der Waals surface area contributed by atoms with Crippen LogP contribution in [-0.2, 0) is 4.79 Å². The van der Waals surface area contributed by atoms with Crippen LogP contribution < -0.4 is 4.74 Å². The summed E-state index contributed by atoms with van der Waals surface area (Å²) < 4.78 is 18.0. The maximum atomic E-state index is 12.7. The zero-order valence-electron chi connectivity index (χ0n) is 9.47. The Morgan fingerprint density at radius 2 is 2.06 bits per heavy atom. The van der Waals surface area contributed by atoms with Gasteiger partial charge in [-0.15, -0.1) is 0 Å². The van der Waals surface area contributed by atoms with Crippen molar-refractivity contribution in [3.63, 3.8) is 0 Å². The molecule has 4 nitrogen and oxygen atoms in total. The van der Waals surface area contributed by atoms with Gasteiger partial charge >= 0.3 is 0 Å². The molecule has 1 unspecified atom stereocenters. The number of nitrogens with zero attached hydrogens (tertiary/aromatic N) is 1. The normalized spacial score (nSPS) is 17.5. The summed E-state index contributed by atoms with van der Waals surface area (Å²) in [4.78, 5) is 13.3. The van der Waals surface area contributed by atoms with Gasteiger partial charge in [0.1, 0.15) is 11.6 Å². The van der Waals surface area contributed by atoms with Gasteiger partial charge in [0.25, 0.3) is 5.91 Å². The van der Waals surface area contributed by atoms with Gasteiger partial charge in [-0.3, -0.25) is 4.79 Å². The van der Waals surface area contributed by atoms with Gasteiger partial charge in [0.2, 0.25) is 0 Å². The number of rotatable bonds is 3. The van der Waals surface area contributed by atoms with Crippen LogP contribution in [0.5, 0.6) is 5.75 Å². The van der Waals surface area contributed by atoms with Gasteiger partial charge in [-0.25, -0.2) is 4.39 Å². The number of carbonyl (C=O) groups excluding carboxylic acids is 1. The minimum absolute atomic E-state index is 0.167. The smallest absolute Gasteiger partial charge is 0.263 e. The number of halogens is 1. The van der Waals surface area contributed by atoms with Crippen LogP contribution in [0.25, 0.3) is 0 Å². The molecule has 0 bridgehead atoms. The lowest BCUT2D eigenvalue weighted by Crippen LogP contribution is -2.56. The molecule has 1 amide bonds. The Bertz CT molecular complexity index is 401. The number of ether oxygens (including phenoxy) is 1. The first-order valence-electron chi connectivity index (χ1n) is 5.45. The molecule has 1 heterocycles. The summed E-state index contributed by atoms with van der Waals surface area (Å²) in [7, 11) is 0. The van der Waals surface area contributed by atoms with Crippen LogP contribution in [0.15, 0.2) is 24.3 Å². The van der Waals surface area contributed by atoms with Crippen molar-refractivity contribution in [1.29, 1.82) is 0 Å². The quantitative estimate of drug-likeness (QED) is 0.848. The van der Waals surface area contributed by atoms with E-state index in [1.807, 2.05) is 0 Å². The molecule has 0 aromatic heterocycles. The Hall–Kier alpha value is -1.62. The van der Waals surface area contributed by atoms with E-state index in [1.54, 1.807) is 6.92 Å². The predicted molar refractivity (Wildman–Crippen MR) is 59.1 cm³/mol. The maximum absolute atomic E-state index is 12.7. The average Bonchev–Trinajstić information content (AvgIpc) is 2.27. The second-order valence-corrected chi connectivity index (χ2v) is 4.11. The molecule has 1 aromatic rings. The van der Waals surface area contributed by atoms with E-state index >= 15 is 0 Å². The van der Waals surface area contributed by atoms with E-state index in [1.165, 1.54) is 29.2 Å². The third-order valence-electron chi connectivity index (χ3n) is 2.65. The number of aliphatic hydroxyl groups excluding tert-OH is 1. The second-order valence-electron chi connectivity index (χ2n) is 4.11. The predicted octanol–water partition coefficient (Wildman–Crippen LogP) is 0.796. The third-order valence-corrected chi connectivity index (χ3v) is 2.65. The first kappa shape index (κ1) is 11.9. The number of amides is 1. The largest absolute Gasteiger partial charge is 0.481 e. The topological polar surface area (TPSA) is 49.8 Å². The molecular formula is C12H14FNO3. The molecule has 1 aliphatic heterocycles. The molecule has 92 valence electrons. The van der Waals surface area contributed by atoms with Crippen LogP contribution in [-0.4, -0.2) is 41.2 Å². The van der Waals surface area contributed by atoms with Crippen LogP contribution in [0.3, 0.4) is 0 Å². The highest BCUT2D eigenvalue weighted by molar-refractivity contribution is 5.81. The molecule has 0 saturated carbocycles. The highest BCUT2D eigenvalue weighted by Gasteiger charge is 2.32. The van der Waals surface area contributed by atoms with Gasteiger partial charge in [0.15, 0.2) is 6.10 Å². The van der Waals surface area contributed by atoms with Crippen molar-refractivity contribution in [3.05, 3.63) is 30.1 Å². The third kappa shape index (κ3) is 2.74. The molecule has 0 radical (unpaired) electrons. The molecule has 1 aromatic carbocycles. The Balaban J connectivity index is 1.90. The Kier molecular flexibility index (Phi) is 3.28. The van der Waals surface area contributed by atoms with Crippen molar-refractivity contribution >= 4 is 5.91 Å². The lowest BCUT2D eigenvalue weighted by Gasteiger charge is -2.37. The standard InChI is InChI=1S/C12H14FNO3/c1-8(12(16)14-6-10(15)7-14)17-11-4-2-9(13)3-5-11/h2-5,8,10,15H,6-7H2,1H3. The molecule has 0 aliphatic carbocycles. The number of hydrogen-bond acceptors (Lipinski definition) is 3. The van der Waals surface area contributed by atoms with Gasteiger partial charge in [0, 0.05) is 13.1 Å². The van der Waals surface area contributed by atoms with E-state index < -0.39 is 12.2 Å². The summed E-state index contributed by atoms with van der Waals surface area (Å²) in [5.74, 6) is -0.0601. The summed E-state index contributed by atoms with van der Waals surface area (Å²) in [6.45, 7) is 2.35. The van der Waals surface area contributed by atoms with E-state index in [-0.39, 0.29) is 11.7 Å². The molecule has 1 atom stereocenters. The molecular weight excluding hydrogens is 225 g/mol. The van der Waals surface area contributed by atoms with Crippen LogP contribution in [0, 0.1) is 5.82 Å². The molecule has 17 heavy (non-hydrogen) atoms.